The zero-order valence-electron chi connectivity index (χ0n) is 14.7. The summed E-state index contributed by atoms with van der Waals surface area (Å²) in [4.78, 5) is 26.4. The van der Waals surface area contributed by atoms with E-state index in [-0.39, 0.29) is 21.7 Å². The van der Waals surface area contributed by atoms with Gasteiger partial charge in [-0.05, 0) is 59.8 Å². The van der Waals surface area contributed by atoms with E-state index in [1.807, 2.05) is 0 Å². The van der Waals surface area contributed by atoms with E-state index >= 15 is 0 Å². The van der Waals surface area contributed by atoms with Gasteiger partial charge in [-0.1, -0.05) is 35.3 Å². The first kappa shape index (κ1) is 19.8. The number of rotatable bonds is 4. The highest BCUT2D eigenvalue weighted by Crippen LogP contribution is 2.34. The summed E-state index contributed by atoms with van der Waals surface area (Å²) in [5, 5.41) is 0.162. The van der Waals surface area contributed by atoms with Crippen molar-refractivity contribution in [2.45, 2.75) is 6.54 Å². The molecule has 4 rings (SSSR count). The van der Waals surface area contributed by atoms with Crippen molar-refractivity contribution >= 4 is 52.2 Å². The number of halogens is 3. The number of hydrogen-bond donors (Lipinski definition) is 0. The molecule has 1 saturated heterocycles. The van der Waals surface area contributed by atoms with Crippen LogP contribution in [0.3, 0.4) is 0 Å². The Morgan fingerprint density at radius 3 is 2.66 bits per heavy atom. The van der Waals surface area contributed by atoms with Gasteiger partial charge in [0.05, 0.1) is 16.5 Å². The number of carbonyl (C=O) groups is 2. The summed E-state index contributed by atoms with van der Waals surface area (Å²) in [5.74, 6) is -0.0525. The maximum atomic E-state index is 13.3. The first-order valence-corrected chi connectivity index (χ1v) is 10.0. The number of hydrogen-bond acceptors (Lipinski definition) is 4. The second-order valence-corrected chi connectivity index (χ2v) is 8.07. The molecule has 146 valence electrons. The third kappa shape index (κ3) is 4.24. The number of carbonyl (C=O) groups excluding carboxylic acids is 2. The van der Waals surface area contributed by atoms with Gasteiger partial charge in [0.2, 0.25) is 0 Å². The normalized spacial score (nSPS) is 15.6. The molecule has 1 aliphatic heterocycles. The lowest BCUT2D eigenvalue weighted by Gasteiger charge is -2.12. The molecular weight excluding hydrogens is 436 g/mol. The van der Waals surface area contributed by atoms with E-state index in [1.165, 1.54) is 18.2 Å². The molecule has 2 aromatic carbocycles. The third-order valence-corrected chi connectivity index (χ3v) is 5.64. The molecule has 3 aromatic rings. The van der Waals surface area contributed by atoms with Gasteiger partial charge in [0.25, 0.3) is 11.1 Å². The van der Waals surface area contributed by atoms with Crippen LogP contribution in [0.1, 0.15) is 11.3 Å². The number of amides is 2. The van der Waals surface area contributed by atoms with Crippen molar-refractivity contribution in [3.63, 3.8) is 0 Å². The van der Waals surface area contributed by atoms with Gasteiger partial charge in [-0.25, -0.2) is 4.39 Å². The molecule has 2 heterocycles. The molecule has 1 fully saturated rings. The first-order valence-electron chi connectivity index (χ1n) is 8.46. The smallest absolute Gasteiger partial charge is 0.293 e. The summed E-state index contributed by atoms with van der Waals surface area (Å²) in [6, 6.07) is 14.6. The van der Waals surface area contributed by atoms with Crippen LogP contribution in [-0.4, -0.2) is 16.0 Å². The minimum atomic E-state index is -0.518. The molecule has 0 bridgehead atoms. The van der Waals surface area contributed by atoms with Crippen LogP contribution >= 0.6 is 35.0 Å². The zero-order chi connectivity index (χ0) is 20.5. The van der Waals surface area contributed by atoms with Crippen LogP contribution in [0.5, 0.6) is 0 Å². The van der Waals surface area contributed by atoms with Gasteiger partial charge in [0, 0.05) is 16.7 Å². The summed E-state index contributed by atoms with van der Waals surface area (Å²) < 4.78 is 19.0. The van der Waals surface area contributed by atoms with E-state index in [0.717, 1.165) is 22.2 Å². The fourth-order valence-electron chi connectivity index (χ4n) is 2.82. The van der Waals surface area contributed by atoms with Crippen LogP contribution in [0.2, 0.25) is 10.0 Å². The summed E-state index contributed by atoms with van der Waals surface area (Å²) >= 11 is 12.6. The monoisotopic (exact) mass is 447 g/mol. The van der Waals surface area contributed by atoms with Crippen LogP contribution in [0.15, 0.2) is 63.9 Å². The molecule has 0 N–H and O–H groups in total. The van der Waals surface area contributed by atoms with Gasteiger partial charge in [0.1, 0.15) is 17.3 Å². The highest BCUT2D eigenvalue weighted by molar-refractivity contribution is 8.18. The van der Waals surface area contributed by atoms with Gasteiger partial charge in [0.15, 0.2) is 0 Å². The van der Waals surface area contributed by atoms with Crippen molar-refractivity contribution in [2.24, 2.45) is 0 Å². The SMILES string of the molecule is O=C1S/C(=C\c2ccc(-c3ccc(F)c(Cl)c3)o2)C(=O)N1Cc1cccc(Cl)c1. The van der Waals surface area contributed by atoms with Crippen LogP contribution in [0.4, 0.5) is 9.18 Å². The number of furan rings is 1. The maximum absolute atomic E-state index is 13.3. The molecule has 0 saturated carbocycles. The highest BCUT2D eigenvalue weighted by Gasteiger charge is 2.35. The van der Waals surface area contributed by atoms with E-state index < -0.39 is 11.7 Å². The molecule has 29 heavy (non-hydrogen) atoms. The second kappa shape index (κ2) is 8.06. The average Bonchev–Trinajstić information content (AvgIpc) is 3.25. The molecule has 0 radical (unpaired) electrons. The van der Waals surface area contributed by atoms with Crippen LogP contribution < -0.4 is 0 Å². The van der Waals surface area contributed by atoms with E-state index in [4.69, 9.17) is 27.6 Å². The standard InChI is InChI=1S/C21H12Cl2FNO3S/c22-14-3-1-2-12(8-14)11-25-20(26)19(29-21(25)27)10-15-5-7-18(28-15)13-4-6-17(24)16(23)9-13/h1-10H,11H2/b19-10-. The molecule has 8 heteroatoms. The van der Waals surface area contributed by atoms with Crippen molar-refractivity contribution in [3.05, 3.63) is 86.7 Å². The van der Waals surface area contributed by atoms with Crippen LogP contribution in [0.25, 0.3) is 17.4 Å². The lowest BCUT2D eigenvalue weighted by Crippen LogP contribution is -2.27. The third-order valence-electron chi connectivity index (χ3n) is 4.21. The topological polar surface area (TPSA) is 50.5 Å². The largest absolute Gasteiger partial charge is 0.457 e. The Labute approximate surface area is 179 Å². The molecule has 0 spiro atoms. The molecular formula is C21H12Cl2FNO3S. The maximum Gasteiger partial charge on any atom is 0.293 e. The number of imide groups is 1. The van der Waals surface area contributed by atoms with Gasteiger partial charge in [-0.2, -0.15) is 0 Å². The predicted octanol–water partition coefficient (Wildman–Crippen LogP) is 6.63. The van der Waals surface area contributed by atoms with Crippen molar-refractivity contribution < 1.29 is 18.4 Å². The Kier molecular flexibility index (Phi) is 5.50. The lowest BCUT2D eigenvalue weighted by molar-refractivity contribution is -0.123. The minimum Gasteiger partial charge on any atom is -0.457 e. The van der Waals surface area contributed by atoms with E-state index in [9.17, 15) is 14.0 Å². The molecule has 0 atom stereocenters. The summed E-state index contributed by atoms with van der Waals surface area (Å²) in [6.45, 7) is 0.139. The minimum absolute atomic E-state index is 0.0115. The number of benzene rings is 2. The number of nitrogens with zero attached hydrogens (tertiary/aromatic N) is 1. The molecule has 1 aromatic heterocycles. The first-order chi connectivity index (χ1) is 13.9. The van der Waals surface area contributed by atoms with Crippen LogP contribution in [-0.2, 0) is 11.3 Å². The zero-order valence-corrected chi connectivity index (χ0v) is 17.0. The molecule has 2 amide bonds. The lowest BCUT2D eigenvalue weighted by atomic mass is 10.2. The van der Waals surface area contributed by atoms with Crippen molar-refractivity contribution in [3.8, 4) is 11.3 Å². The van der Waals surface area contributed by atoms with E-state index in [1.54, 1.807) is 42.5 Å². The van der Waals surface area contributed by atoms with Gasteiger partial charge >= 0.3 is 0 Å². The quantitative estimate of drug-likeness (QED) is 0.421. The summed E-state index contributed by atoms with van der Waals surface area (Å²) in [6.07, 6.45) is 1.51. The second-order valence-electron chi connectivity index (χ2n) is 6.23. The Morgan fingerprint density at radius 2 is 1.90 bits per heavy atom. The Morgan fingerprint density at radius 1 is 1.07 bits per heavy atom. The molecule has 1 aliphatic rings. The average molecular weight is 448 g/mol. The highest BCUT2D eigenvalue weighted by atomic mass is 35.5. The Bertz CT molecular complexity index is 1160. The van der Waals surface area contributed by atoms with Crippen LogP contribution in [0, 0.1) is 5.82 Å². The van der Waals surface area contributed by atoms with Gasteiger partial charge in [-0.3, -0.25) is 14.5 Å². The van der Waals surface area contributed by atoms with Gasteiger partial charge in [-0.15, -0.1) is 0 Å². The number of thioether (sulfide) groups is 1. The van der Waals surface area contributed by atoms with Gasteiger partial charge < -0.3 is 4.42 Å². The molecule has 0 unspecified atom stereocenters. The van der Waals surface area contributed by atoms with E-state index in [2.05, 4.69) is 0 Å². The summed E-state index contributed by atoms with van der Waals surface area (Å²) in [7, 11) is 0. The van der Waals surface area contributed by atoms with Crippen molar-refractivity contribution in [1.82, 2.24) is 4.90 Å². The molecule has 0 aliphatic carbocycles. The van der Waals surface area contributed by atoms with E-state index in [0.29, 0.717) is 22.1 Å². The van der Waals surface area contributed by atoms with Crippen molar-refractivity contribution in [2.75, 3.05) is 0 Å². The Balaban J connectivity index is 1.54. The summed E-state index contributed by atoms with van der Waals surface area (Å²) in [5.41, 5.74) is 1.36. The fraction of sp³-hybridized carbons (Fsp3) is 0.0476. The fourth-order valence-corrected chi connectivity index (χ4v) is 4.03. The molecule has 4 nitrogen and oxygen atoms in total. The van der Waals surface area contributed by atoms with Crippen molar-refractivity contribution in [1.29, 1.82) is 0 Å². The predicted molar refractivity (Wildman–Crippen MR) is 112 cm³/mol. The Hall–Kier alpha value is -2.54.